The smallest absolute Gasteiger partial charge is 0.315 e. The minimum absolute atomic E-state index is 0.381. The number of carbonyl (C=O) groups is 2. The first-order chi connectivity index (χ1) is 5.99. The van der Waals surface area contributed by atoms with Crippen molar-refractivity contribution in [1.29, 1.82) is 0 Å². The van der Waals surface area contributed by atoms with Gasteiger partial charge in [0.25, 0.3) is 5.91 Å². The molecular weight excluding hydrogens is 182 g/mol. The first-order valence-corrected chi connectivity index (χ1v) is 3.78. The molecule has 0 spiro atoms. The molecule has 0 radical (unpaired) electrons. The first-order valence-electron chi connectivity index (χ1n) is 3.78. The quantitative estimate of drug-likeness (QED) is 0.676. The van der Waals surface area contributed by atoms with Gasteiger partial charge >= 0.3 is 6.43 Å². The number of rotatable bonds is 4. The zero-order valence-corrected chi connectivity index (χ0v) is 7.51. The van der Waals surface area contributed by atoms with Gasteiger partial charge in [-0.1, -0.05) is 0 Å². The summed E-state index contributed by atoms with van der Waals surface area (Å²) in [5, 5.41) is 1.82. The van der Waals surface area contributed by atoms with Crippen LogP contribution in [0.15, 0.2) is 0 Å². The molecule has 0 bridgehead atoms. The van der Waals surface area contributed by atoms with Crippen LogP contribution in [0.4, 0.5) is 8.78 Å². The summed E-state index contributed by atoms with van der Waals surface area (Å²) in [5.74, 6) is -1.81. The topological polar surface area (TPSA) is 49.4 Å². The first kappa shape index (κ1) is 11.8. The summed E-state index contributed by atoms with van der Waals surface area (Å²) in [6, 6.07) is 0. The fourth-order valence-electron chi connectivity index (χ4n) is 0.551. The Morgan fingerprint density at radius 2 is 2.00 bits per heavy atom. The van der Waals surface area contributed by atoms with Crippen molar-refractivity contribution in [3.63, 3.8) is 0 Å². The van der Waals surface area contributed by atoms with E-state index in [1.807, 2.05) is 5.32 Å². The molecule has 6 heteroatoms. The molecule has 0 fully saturated rings. The number of carbonyl (C=O) groups excluding carboxylic acids is 2. The molecule has 0 aromatic rings. The summed E-state index contributed by atoms with van der Waals surface area (Å²) < 4.78 is 23.2. The van der Waals surface area contributed by atoms with Crippen molar-refractivity contribution in [1.82, 2.24) is 10.2 Å². The summed E-state index contributed by atoms with van der Waals surface area (Å²) in [4.78, 5) is 22.6. The SMILES string of the molecule is CCN(C)C(=O)CNC(=O)C(F)F. The predicted molar refractivity (Wildman–Crippen MR) is 42.3 cm³/mol. The van der Waals surface area contributed by atoms with Crippen LogP contribution in [-0.2, 0) is 9.59 Å². The van der Waals surface area contributed by atoms with E-state index in [-0.39, 0.29) is 6.54 Å². The van der Waals surface area contributed by atoms with Gasteiger partial charge in [0, 0.05) is 13.6 Å². The van der Waals surface area contributed by atoms with Gasteiger partial charge in [0.15, 0.2) is 0 Å². The molecular formula is C7H12F2N2O2. The van der Waals surface area contributed by atoms with Crippen LogP contribution in [0, 0.1) is 0 Å². The lowest BCUT2D eigenvalue weighted by molar-refractivity contribution is -0.136. The van der Waals surface area contributed by atoms with Crippen LogP contribution in [0.3, 0.4) is 0 Å². The summed E-state index contributed by atoms with van der Waals surface area (Å²) in [5.41, 5.74) is 0. The third-order valence-electron chi connectivity index (χ3n) is 1.51. The zero-order valence-electron chi connectivity index (χ0n) is 7.51. The van der Waals surface area contributed by atoms with Crippen molar-refractivity contribution in [3.8, 4) is 0 Å². The third kappa shape index (κ3) is 4.39. The number of nitrogens with one attached hydrogen (secondary N) is 1. The van der Waals surface area contributed by atoms with Crippen molar-refractivity contribution >= 4 is 11.8 Å². The van der Waals surface area contributed by atoms with Gasteiger partial charge in [-0.15, -0.1) is 0 Å². The fourth-order valence-corrected chi connectivity index (χ4v) is 0.551. The lowest BCUT2D eigenvalue weighted by Gasteiger charge is -2.14. The third-order valence-corrected chi connectivity index (χ3v) is 1.51. The summed E-state index contributed by atoms with van der Waals surface area (Å²) in [6.07, 6.45) is -3.07. The van der Waals surface area contributed by atoms with Gasteiger partial charge in [-0.05, 0) is 6.92 Å². The van der Waals surface area contributed by atoms with Gasteiger partial charge in [-0.2, -0.15) is 8.78 Å². The zero-order chi connectivity index (χ0) is 10.4. The van der Waals surface area contributed by atoms with E-state index in [9.17, 15) is 18.4 Å². The van der Waals surface area contributed by atoms with Crippen LogP contribution >= 0.6 is 0 Å². The number of hydrogen-bond donors (Lipinski definition) is 1. The molecule has 0 aliphatic carbocycles. The number of amides is 2. The van der Waals surface area contributed by atoms with E-state index in [0.717, 1.165) is 0 Å². The van der Waals surface area contributed by atoms with Crippen LogP contribution in [-0.4, -0.2) is 43.3 Å². The Morgan fingerprint density at radius 1 is 1.46 bits per heavy atom. The Hall–Kier alpha value is -1.20. The number of nitrogens with zero attached hydrogens (tertiary/aromatic N) is 1. The van der Waals surface area contributed by atoms with Gasteiger partial charge in [-0.3, -0.25) is 9.59 Å². The maximum atomic E-state index is 11.6. The Morgan fingerprint density at radius 3 is 2.38 bits per heavy atom. The van der Waals surface area contributed by atoms with E-state index in [1.165, 1.54) is 11.9 Å². The standard InChI is InChI=1S/C7H12F2N2O2/c1-3-11(2)5(12)4-10-7(13)6(8)9/h6H,3-4H2,1-2H3,(H,10,13). The lowest BCUT2D eigenvalue weighted by atomic mass is 10.5. The Bertz CT molecular complexity index is 197. The largest absolute Gasteiger partial charge is 0.345 e. The van der Waals surface area contributed by atoms with Crippen molar-refractivity contribution in [2.24, 2.45) is 0 Å². The molecule has 0 aliphatic rings. The van der Waals surface area contributed by atoms with Crippen molar-refractivity contribution in [2.75, 3.05) is 20.1 Å². The molecule has 0 aliphatic heterocycles. The van der Waals surface area contributed by atoms with Gasteiger partial charge in [-0.25, -0.2) is 0 Å². The Kier molecular flexibility index (Phi) is 4.94. The number of alkyl halides is 2. The summed E-state index contributed by atoms with van der Waals surface area (Å²) in [7, 11) is 1.52. The van der Waals surface area contributed by atoms with Crippen LogP contribution in [0.25, 0.3) is 0 Å². The predicted octanol–water partition coefficient (Wildman–Crippen LogP) is -0.154. The van der Waals surface area contributed by atoms with Gasteiger partial charge < -0.3 is 10.2 Å². The highest BCUT2D eigenvalue weighted by Gasteiger charge is 2.16. The minimum atomic E-state index is -3.07. The molecule has 0 unspecified atom stereocenters. The van der Waals surface area contributed by atoms with Gasteiger partial charge in [0.1, 0.15) is 0 Å². The second kappa shape index (κ2) is 5.45. The van der Waals surface area contributed by atoms with Gasteiger partial charge in [0.05, 0.1) is 6.54 Å². The molecule has 1 N–H and O–H groups in total. The molecule has 2 amide bonds. The van der Waals surface area contributed by atoms with Crippen molar-refractivity contribution in [2.45, 2.75) is 13.3 Å². The number of likely N-dealkylation sites (N-methyl/N-ethyl adjacent to an activating group) is 1. The average molecular weight is 194 g/mol. The highest BCUT2D eigenvalue weighted by atomic mass is 19.3. The van der Waals surface area contributed by atoms with Gasteiger partial charge in [0.2, 0.25) is 5.91 Å². The molecule has 76 valence electrons. The molecule has 0 heterocycles. The van der Waals surface area contributed by atoms with Crippen LogP contribution in [0.2, 0.25) is 0 Å². The minimum Gasteiger partial charge on any atom is -0.345 e. The summed E-state index contributed by atoms with van der Waals surface area (Å²) in [6.45, 7) is 1.84. The highest BCUT2D eigenvalue weighted by molar-refractivity contribution is 5.85. The van der Waals surface area contributed by atoms with Crippen LogP contribution in [0.1, 0.15) is 6.92 Å². The van der Waals surface area contributed by atoms with E-state index >= 15 is 0 Å². The molecule has 0 saturated heterocycles. The summed E-state index contributed by atoms with van der Waals surface area (Å²) >= 11 is 0. The maximum Gasteiger partial charge on any atom is 0.315 e. The monoisotopic (exact) mass is 194 g/mol. The van der Waals surface area contributed by atoms with E-state index in [1.54, 1.807) is 6.92 Å². The van der Waals surface area contributed by atoms with E-state index in [0.29, 0.717) is 6.54 Å². The molecule has 0 atom stereocenters. The molecule has 0 aromatic carbocycles. The average Bonchev–Trinajstić information content (AvgIpc) is 2.11. The highest BCUT2D eigenvalue weighted by Crippen LogP contribution is 1.90. The molecule has 13 heavy (non-hydrogen) atoms. The van der Waals surface area contributed by atoms with Crippen LogP contribution < -0.4 is 5.32 Å². The normalized spacial score (nSPS) is 9.92. The Labute approximate surface area is 74.9 Å². The van der Waals surface area contributed by atoms with Crippen molar-refractivity contribution < 1.29 is 18.4 Å². The molecule has 0 rings (SSSR count). The van der Waals surface area contributed by atoms with E-state index in [4.69, 9.17) is 0 Å². The van der Waals surface area contributed by atoms with Crippen LogP contribution in [0.5, 0.6) is 0 Å². The van der Waals surface area contributed by atoms with E-state index < -0.39 is 18.2 Å². The number of halogens is 2. The van der Waals surface area contributed by atoms with E-state index in [2.05, 4.69) is 0 Å². The number of hydrogen-bond acceptors (Lipinski definition) is 2. The lowest BCUT2D eigenvalue weighted by Crippen LogP contribution is -2.40. The van der Waals surface area contributed by atoms with Crippen molar-refractivity contribution in [3.05, 3.63) is 0 Å². The molecule has 0 saturated carbocycles. The Balaban J connectivity index is 3.77. The second-order valence-corrected chi connectivity index (χ2v) is 2.43. The fraction of sp³-hybridized carbons (Fsp3) is 0.714. The molecule has 4 nitrogen and oxygen atoms in total. The molecule has 0 aromatic heterocycles. The second-order valence-electron chi connectivity index (χ2n) is 2.43. The maximum absolute atomic E-state index is 11.6.